The first-order chi connectivity index (χ1) is 13.2. The normalized spacial score (nSPS) is 17.1. The number of hydrogen-bond acceptors (Lipinski definition) is 5. The van der Waals surface area contributed by atoms with E-state index in [1.165, 1.54) is 11.3 Å². The predicted octanol–water partition coefficient (Wildman–Crippen LogP) is 2.78. The average Bonchev–Trinajstić information content (AvgIpc) is 3.28. The third kappa shape index (κ3) is 4.06. The highest BCUT2D eigenvalue weighted by Gasteiger charge is 2.33. The largest absolute Gasteiger partial charge is 0.368 e. The SMILES string of the molecule is Cc1nc(CC(=O)N2CCC[C@H]2C(N)=O)sc1-c1ccnc(C(C)(C)CF)c1. The van der Waals surface area contributed by atoms with Gasteiger partial charge in [-0.2, -0.15) is 0 Å². The molecule has 28 heavy (non-hydrogen) atoms. The number of carbonyl (C=O) groups is 2. The van der Waals surface area contributed by atoms with Crippen LogP contribution >= 0.6 is 11.3 Å². The van der Waals surface area contributed by atoms with E-state index in [0.717, 1.165) is 22.6 Å². The molecule has 1 saturated heterocycles. The summed E-state index contributed by atoms with van der Waals surface area (Å²) in [7, 11) is 0. The van der Waals surface area contributed by atoms with E-state index in [-0.39, 0.29) is 12.3 Å². The van der Waals surface area contributed by atoms with E-state index < -0.39 is 24.0 Å². The fourth-order valence-corrected chi connectivity index (χ4v) is 4.45. The van der Waals surface area contributed by atoms with Gasteiger partial charge in [-0.3, -0.25) is 19.0 Å². The number of thiazole rings is 1. The molecule has 0 spiro atoms. The third-order valence-corrected chi connectivity index (χ3v) is 6.30. The van der Waals surface area contributed by atoms with Crippen molar-refractivity contribution in [1.29, 1.82) is 0 Å². The van der Waals surface area contributed by atoms with Crippen LogP contribution in [0.4, 0.5) is 4.39 Å². The molecule has 0 aromatic carbocycles. The smallest absolute Gasteiger partial charge is 0.240 e. The van der Waals surface area contributed by atoms with Crippen LogP contribution in [-0.2, 0) is 21.4 Å². The Bertz CT molecular complexity index is 896. The number of rotatable bonds is 6. The van der Waals surface area contributed by atoms with E-state index in [2.05, 4.69) is 9.97 Å². The molecular weight excluding hydrogens is 379 g/mol. The van der Waals surface area contributed by atoms with Crippen LogP contribution in [0, 0.1) is 6.92 Å². The number of aromatic nitrogens is 2. The molecular formula is C20H25FN4O2S. The summed E-state index contributed by atoms with van der Waals surface area (Å²) in [5.41, 5.74) is 7.15. The van der Waals surface area contributed by atoms with Crippen LogP contribution < -0.4 is 5.73 Å². The van der Waals surface area contributed by atoms with E-state index >= 15 is 0 Å². The first-order valence-corrected chi connectivity index (χ1v) is 10.1. The second-order valence-corrected chi connectivity index (χ2v) is 8.88. The number of likely N-dealkylation sites (tertiary alicyclic amines) is 1. The zero-order valence-electron chi connectivity index (χ0n) is 16.4. The molecule has 0 aliphatic carbocycles. The van der Waals surface area contributed by atoms with E-state index in [1.54, 1.807) is 11.1 Å². The number of primary amides is 1. The van der Waals surface area contributed by atoms with Crippen molar-refractivity contribution in [2.45, 2.75) is 51.5 Å². The highest BCUT2D eigenvalue weighted by molar-refractivity contribution is 7.15. The maximum Gasteiger partial charge on any atom is 0.240 e. The summed E-state index contributed by atoms with van der Waals surface area (Å²) in [6.07, 6.45) is 3.22. The lowest BCUT2D eigenvalue weighted by Gasteiger charge is -2.21. The van der Waals surface area contributed by atoms with Gasteiger partial charge in [-0.15, -0.1) is 11.3 Å². The van der Waals surface area contributed by atoms with Gasteiger partial charge in [0, 0.05) is 23.9 Å². The molecule has 150 valence electrons. The van der Waals surface area contributed by atoms with Gasteiger partial charge in [0.05, 0.1) is 17.0 Å². The number of amides is 2. The molecule has 3 rings (SSSR count). The number of nitrogens with two attached hydrogens (primary N) is 1. The molecule has 1 aliphatic heterocycles. The second kappa shape index (κ2) is 7.95. The summed E-state index contributed by atoms with van der Waals surface area (Å²) in [4.78, 5) is 35.5. The number of halogens is 1. The number of alkyl halides is 1. The molecule has 2 aromatic heterocycles. The molecule has 1 atom stereocenters. The minimum Gasteiger partial charge on any atom is -0.368 e. The highest BCUT2D eigenvalue weighted by atomic mass is 32.1. The van der Waals surface area contributed by atoms with Crippen LogP contribution in [0.25, 0.3) is 10.4 Å². The summed E-state index contributed by atoms with van der Waals surface area (Å²) >= 11 is 1.44. The summed E-state index contributed by atoms with van der Waals surface area (Å²) in [5, 5.41) is 0.690. The Balaban J connectivity index is 1.81. The lowest BCUT2D eigenvalue weighted by molar-refractivity contribution is -0.136. The summed E-state index contributed by atoms with van der Waals surface area (Å²) in [6, 6.07) is 3.24. The van der Waals surface area contributed by atoms with Gasteiger partial charge in [-0.05, 0) is 37.5 Å². The molecule has 2 amide bonds. The summed E-state index contributed by atoms with van der Waals surface area (Å²) in [5.74, 6) is -0.586. The van der Waals surface area contributed by atoms with Gasteiger partial charge >= 0.3 is 0 Å². The Hall–Kier alpha value is -2.35. The van der Waals surface area contributed by atoms with E-state index in [1.807, 2.05) is 32.9 Å². The van der Waals surface area contributed by atoms with Crippen LogP contribution in [0.5, 0.6) is 0 Å². The number of aryl methyl sites for hydroxylation is 1. The van der Waals surface area contributed by atoms with E-state index in [4.69, 9.17) is 5.73 Å². The Kier molecular flexibility index (Phi) is 5.79. The fourth-order valence-electron chi connectivity index (χ4n) is 3.40. The van der Waals surface area contributed by atoms with Crippen LogP contribution in [0.1, 0.15) is 43.1 Å². The number of hydrogen-bond donors (Lipinski definition) is 1. The lowest BCUT2D eigenvalue weighted by atomic mass is 9.89. The van der Waals surface area contributed by atoms with Gasteiger partial charge < -0.3 is 10.6 Å². The van der Waals surface area contributed by atoms with Crippen LogP contribution in [0.3, 0.4) is 0 Å². The molecule has 1 aliphatic rings. The van der Waals surface area contributed by atoms with Crippen molar-refractivity contribution in [2.75, 3.05) is 13.2 Å². The van der Waals surface area contributed by atoms with Crippen LogP contribution in [0.2, 0.25) is 0 Å². The van der Waals surface area contributed by atoms with Gasteiger partial charge in [-0.25, -0.2) is 4.98 Å². The molecule has 0 unspecified atom stereocenters. The van der Waals surface area contributed by atoms with E-state index in [0.29, 0.717) is 23.7 Å². The van der Waals surface area contributed by atoms with Gasteiger partial charge in [0.15, 0.2) is 0 Å². The number of nitrogens with zero attached hydrogens (tertiary/aromatic N) is 3. The zero-order valence-corrected chi connectivity index (χ0v) is 17.2. The minimum absolute atomic E-state index is 0.129. The molecule has 1 fully saturated rings. The standard InChI is InChI=1S/C20H25FN4O2S/c1-12-18(13-6-7-23-15(9-13)20(2,3)11-21)28-16(24-12)10-17(26)25-8-4-5-14(25)19(22)27/h6-7,9,14H,4-5,8,10-11H2,1-3H3,(H2,22,27)/t14-/m0/s1. The molecule has 0 bridgehead atoms. The van der Waals surface area contributed by atoms with Gasteiger partial charge in [0.2, 0.25) is 11.8 Å². The molecule has 0 saturated carbocycles. The number of carbonyl (C=O) groups excluding carboxylic acids is 2. The van der Waals surface area contributed by atoms with Crippen molar-refractivity contribution >= 4 is 23.2 Å². The van der Waals surface area contributed by atoms with Crippen LogP contribution in [-0.4, -0.2) is 45.9 Å². The van der Waals surface area contributed by atoms with Gasteiger partial charge in [0.25, 0.3) is 0 Å². The van der Waals surface area contributed by atoms with Crippen molar-refractivity contribution in [2.24, 2.45) is 5.73 Å². The molecule has 8 heteroatoms. The minimum atomic E-state index is -0.660. The highest BCUT2D eigenvalue weighted by Crippen LogP contribution is 2.33. The second-order valence-electron chi connectivity index (χ2n) is 7.79. The Labute approximate surface area is 168 Å². The monoisotopic (exact) mass is 404 g/mol. The predicted molar refractivity (Wildman–Crippen MR) is 107 cm³/mol. The van der Waals surface area contributed by atoms with Gasteiger partial charge in [-0.1, -0.05) is 13.8 Å². The molecule has 2 aromatic rings. The average molecular weight is 405 g/mol. The topological polar surface area (TPSA) is 89.2 Å². The quantitative estimate of drug-likeness (QED) is 0.802. The van der Waals surface area contributed by atoms with Gasteiger partial charge in [0.1, 0.15) is 17.7 Å². The van der Waals surface area contributed by atoms with Crippen molar-refractivity contribution in [1.82, 2.24) is 14.9 Å². The van der Waals surface area contributed by atoms with Crippen molar-refractivity contribution < 1.29 is 14.0 Å². The summed E-state index contributed by atoms with van der Waals surface area (Å²) in [6.45, 7) is 5.57. The zero-order chi connectivity index (χ0) is 20.5. The fraction of sp³-hybridized carbons (Fsp3) is 0.500. The maximum absolute atomic E-state index is 13.3. The van der Waals surface area contributed by atoms with Crippen molar-refractivity contribution in [3.63, 3.8) is 0 Å². The maximum atomic E-state index is 13.3. The molecule has 2 N–H and O–H groups in total. The first-order valence-electron chi connectivity index (χ1n) is 9.31. The molecule has 6 nitrogen and oxygen atoms in total. The Morgan fingerprint density at radius 2 is 2.18 bits per heavy atom. The first kappa shape index (κ1) is 20.4. The number of pyridine rings is 1. The van der Waals surface area contributed by atoms with Crippen molar-refractivity contribution in [3.8, 4) is 10.4 Å². The van der Waals surface area contributed by atoms with Crippen molar-refractivity contribution in [3.05, 3.63) is 34.7 Å². The summed E-state index contributed by atoms with van der Waals surface area (Å²) < 4.78 is 13.3. The third-order valence-electron chi connectivity index (χ3n) is 5.09. The Morgan fingerprint density at radius 1 is 1.43 bits per heavy atom. The van der Waals surface area contributed by atoms with Crippen LogP contribution in [0.15, 0.2) is 18.3 Å². The Morgan fingerprint density at radius 3 is 2.86 bits per heavy atom. The lowest BCUT2D eigenvalue weighted by Crippen LogP contribution is -2.44. The molecule has 0 radical (unpaired) electrons. The van der Waals surface area contributed by atoms with E-state index in [9.17, 15) is 14.0 Å². The molecule has 3 heterocycles.